The van der Waals surface area contributed by atoms with E-state index < -0.39 is 0 Å². The first-order valence-electron chi connectivity index (χ1n) is 6.74. The molecule has 5 heteroatoms. The zero-order valence-electron chi connectivity index (χ0n) is 11.7. The van der Waals surface area contributed by atoms with Gasteiger partial charge in [-0.25, -0.2) is 0 Å². The molecule has 1 aliphatic heterocycles. The molecule has 1 fully saturated rings. The highest BCUT2D eigenvalue weighted by atomic mass is 32.2. The van der Waals surface area contributed by atoms with Crippen molar-refractivity contribution in [2.45, 2.75) is 25.2 Å². The minimum atomic E-state index is -0.0740. The summed E-state index contributed by atoms with van der Waals surface area (Å²) < 4.78 is 13.0. The zero-order chi connectivity index (χ0) is 13.7. The van der Waals surface area contributed by atoms with Gasteiger partial charge in [-0.05, 0) is 26.0 Å². The maximum absolute atomic E-state index is 5.46. The third-order valence-corrected chi connectivity index (χ3v) is 4.25. The van der Waals surface area contributed by atoms with Gasteiger partial charge >= 0.3 is 0 Å². The van der Waals surface area contributed by atoms with E-state index in [4.69, 9.17) is 9.47 Å². The molecular formula is C14H22N2O2S. The number of anilines is 1. The number of ether oxygens (including phenoxy) is 2. The molecule has 1 aromatic heterocycles. The monoisotopic (exact) mass is 282 g/mol. The molecule has 0 amide bonds. The average Bonchev–Trinajstić information content (AvgIpc) is 3.07. The fourth-order valence-electron chi connectivity index (χ4n) is 2.18. The normalized spacial score (nSPS) is 15.9. The fraction of sp³-hybridized carbons (Fsp3) is 0.571. The van der Waals surface area contributed by atoms with Crippen molar-refractivity contribution < 1.29 is 9.47 Å². The maximum Gasteiger partial charge on any atom is 0.167 e. The van der Waals surface area contributed by atoms with E-state index in [-0.39, 0.29) is 6.29 Å². The lowest BCUT2D eigenvalue weighted by atomic mass is 10.5. The summed E-state index contributed by atoms with van der Waals surface area (Å²) in [5.41, 5.74) is 0. The predicted molar refractivity (Wildman–Crippen MR) is 80.8 cm³/mol. The molecule has 1 saturated heterocycles. The third kappa shape index (κ3) is 3.35. The fourth-order valence-corrected chi connectivity index (χ4v) is 3.15. The molecule has 2 heterocycles. The van der Waals surface area contributed by atoms with E-state index in [0.717, 1.165) is 18.8 Å². The Hall–Kier alpha value is -0.910. The van der Waals surface area contributed by atoms with E-state index in [9.17, 15) is 0 Å². The molecular weight excluding hydrogens is 260 g/mol. The van der Waals surface area contributed by atoms with Gasteiger partial charge in [-0.15, -0.1) is 11.8 Å². The summed E-state index contributed by atoms with van der Waals surface area (Å²) in [5, 5.41) is 1.18. The Labute approximate surface area is 119 Å². The van der Waals surface area contributed by atoms with Crippen molar-refractivity contribution in [1.82, 2.24) is 4.57 Å². The third-order valence-electron chi connectivity index (χ3n) is 3.19. The van der Waals surface area contributed by atoms with Crippen LogP contribution in [0.2, 0.25) is 0 Å². The molecule has 0 unspecified atom stereocenters. The minimum Gasteiger partial charge on any atom is -0.358 e. The average molecular weight is 282 g/mol. The van der Waals surface area contributed by atoms with Crippen molar-refractivity contribution >= 4 is 23.8 Å². The van der Waals surface area contributed by atoms with Crippen LogP contribution in [0.1, 0.15) is 13.8 Å². The number of aromatic nitrogens is 1. The second kappa shape index (κ2) is 7.03. The smallest absolute Gasteiger partial charge is 0.167 e. The number of hydrogen-bond acceptors (Lipinski definition) is 4. The topological polar surface area (TPSA) is 26.6 Å². The van der Waals surface area contributed by atoms with Gasteiger partial charge in [-0.2, -0.15) is 0 Å². The van der Waals surface area contributed by atoms with Gasteiger partial charge in [0.25, 0.3) is 0 Å². The van der Waals surface area contributed by atoms with Crippen LogP contribution < -0.4 is 4.90 Å². The molecule has 0 bridgehead atoms. The summed E-state index contributed by atoms with van der Waals surface area (Å²) in [5.74, 6) is 2.01. The second-order valence-electron chi connectivity index (χ2n) is 4.24. The molecule has 0 atom stereocenters. The standard InChI is InChI=1S/C14H22N2O2S/c1-4-15(5-2)12-7-8-13(16(12)6-3)19-11-14-17-9-10-18-14/h6-8,14H,3-5,9-11H2,1-2H3. The molecule has 19 heavy (non-hydrogen) atoms. The summed E-state index contributed by atoms with van der Waals surface area (Å²) in [7, 11) is 0. The highest BCUT2D eigenvalue weighted by Crippen LogP contribution is 2.28. The number of thioether (sulfide) groups is 1. The van der Waals surface area contributed by atoms with Gasteiger partial charge in [0.05, 0.1) is 24.0 Å². The van der Waals surface area contributed by atoms with Crippen LogP contribution in [0, 0.1) is 0 Å². The Kier molecular flexibility index (Phi) is 5.36. The summed E-state index contributed by atoms with van der Waals surface area (Å²) in [6, 6.07) is 4.28. The van der Waals surface area contributed by atoms with Crippen LogP contribution in [-0.4, -0.2) is 42.9 Å². The molecule has 0 N–H and O–H groups in total. The molecule has 0 spiro atoms. The van der Waals surface area contributed by atoms with E-state index in [1.165, 1.54) is 10.8 Å². The quantitative estimate of drug-likeness (QED) is 0.718. The lowest BCUT2D eigenvalue weighted by molar-refractivity contribution is -0.0214. The Morgan fingerprint density at radius 1 is 1.37 bits per heavy atom. The SMILES string of the molecule is C=Cn1c(SCC2OCCO2)ccc1N(CC)CC. The van der Waals surface area contributed by atoms with Crippen LogP contribution in [0.25, 0.3) is 6.20 Å². The first kappa shape index (κ1) is 14.5. The molecule has 2 rings (SSSR count). The molecule has 0 aromatic carbocycles. The Morgan fingerprint density at radius 3 is 2.63 bits per heavy atom. The Bertz CT molecular complexity index is 410. The lowest BCUT2D eigenvalue weighted by Crippen LogP contribution is -2.23. The lowest BCUT2D eigenvalue weighted by Gasteiger charge is -2.22. The van der Waals surface area contributed by atoms with Crippen LogP contribution in [0.4, 0.5) is 5.82 Å². The van der Waals surface area contributed by atoms with Crippen LogP contribution in [0.3, 0.4) is 0 Å². The summed E-state index contributed by atoms with van der Waals surface area (Å²) in [6.45, 7) is 11.6. The summed E-state index contributed by atoms with van der Waals surface area (Å²) in [4.78, 5) is 2.31. The maximum atomic E-state index is 5.46. The van der Waals surface area contributed by atoms with Crippen molar-refractivity contribution in [3.63, 3.8) is 0 Å². The van der Waals surface area contributed by atoms with Gasteiger partial charge in [-0.3, -0.25) is 4.57 Å². The number of rotatable bonds is 7. The van der Waals surface area contributed by atoms with E-state index in [1.807, 2.05) is 6.20 Å². The molecule has 0 radical (unpaired) electrons. The van der Waals surface area contributed by atoms with Crippen LogP contribution >= 0.6 is 11.8 Å². The van der Waals surface area contributed by atoms with Crippen molar-refractivity contribution in [2.75, 3.05) is 37.0 Å². The van der Waals surface area contributed by atoms with Gasteiger partial charge < -0.3 is 14.4 Å². The van der Waals surface area contributed by atoms with Gasteiger partial charge in [0.15, 0.2) is 6.29 Å². The first-order chi connectivity index (χ1) is 9.30. The first-order valence-corrected chi connectivity index (χ1v) is 7.73. The summed E-state index contributed by atoms with van der Waals surface area (Å²) in [6.07, 6.45) is 1.79. The molecule has 4 nitrogen and oxygen atoms in total. The second-order valence-corrected chi connectivity index (χ2v) is 5.28. The predicted octanol–water partition coefficient (Wildman–Crippen LogP) is 2.90. The minimum absolute atomic E-state index is 0.0740. The zero-order valence-corrected chi connectivity index (χ0v) is 12.5. The molecule has 0 aliphatic carbocycles. The van der Waals surface area contributed by atoms with Crippen molar-refractivity contribution in [3.8, 4) is 0 Å². The molecule has 106 valence electrons. The van der Waals surface area contributed by atoms with Gasteiger partial charge in [0.2, 0.25) is 0 Å². The number of nitrogens with zero attached hydrogens (tertiary/aromatic N) is 2. The van der Waals surface area contributed by atoms with E-state index >= 15 is 0 Å². The van der Waals surface area contributed by atoms with Crippen molar-refractivity contribution in [2.24, 2.45) is 0 Å². The van der Waals surface area contributed by atoms with Crippen LogP contribution in [-0.2, 0) is 9.47 Å². The highest BCUT2D eigenvalue weighted by molar-refractivity contribution is 7.99. The molecule has 1 aliphatic rings. The van der Waals surface area contributed by atoms with E-state index in [2.05, 4.69) is 42.0 Å². The van der Waals surface area contributed by atoms with Gasteiger partial charge in [0.1, 0.15) is 5.82 Å². The van der Waals surface area contributed by atoms with Crippen molar-refractivity contribution in [3.05, 3.63) is 18.7 Å². The summed E-state index contributed by atoms with van der Waals surface area (Å²) >= 11 is 1.74. The van der Waals surface area contributed by atoms with Gasteiger partial charge in [-0.1, -0.05) is 6.58 Å². The largest absolute Gasteiger partial charge is 0.358 e. The van der Waals surface area contributed by atoms with E-state index in [1.54, 1.807) is 11.8 Å². The van der Waals surface area contributed by atoms with Gasteiger partial charge in [0, 0.05) is 19.3 Å². The van der Waals surface area contributed by atoms with E-state index in [0.29, 0.717) is 13.2 Å². The molecule has 0 saturated carbocycles. The van der Waals surface area contributed by atoms with Crippen molar-refractivity contribution in [1.29, 1.82) is 0 Å². The molecule has 1 aromatic rings. The Balaban J connectivity index is 2.05. The van der Waals surface area contributed by atoms with Crippen LogP contribution in [0.15, 0.2) is 23.7 Å². The van der Waals surface area contributed by atoms with Crippen LogP contribution in [0.5, 0.6) is 0 Å². The highest BCUT2D eigenvalue weighted by Gasteiger charge is 2.18. The Morgan fingerprint density at radius 2 is 2.05 bits per heavy atom. The number of hydrogen-bond donors (Lipinski definition) is 0.